The predicted octanol–water partition coefficient (Wildman–Crippen LogP) is 3.28. The fraction of sp³-hybridized carbons (Fsp3) is 0.240. The molecule has 8 nitrogen and oxygen atoms in total. The second-order valence-electron chi connectivity index (χ2n) is 7.63. The number of phenolic OH excluding ortho intramolecular Hbond substituents is 1. The van der Waals surface area contributed by atoms with Gasteiger partial charge in [-0.15, -0.1) is 0 Å². The van der Waals surface area contributed by atoms with Crippen LogP contribution in [0.2, 0.25) is 0 Å². The Kier molecular flexibility index (Phi) is 7.13. The number of esters is 1. The topological polar surface area (TPSA) is 99.4 Å². The number of halogens is 1. The van der Waals surface area contributed by atoms with Gasteiger partial charge in [0.1, 0.15) is 5.75 Å². The van der Waals surface area contributed by atoms with Gasteiger partial charge in [0, 0.05) is 0 Å². The molecule has 3 aromatic rings. The van der Waals surface area contributed by atoms with Gasteiger partial charge in [-0.3, -0.25) is 9.36 Å². The highest BCUT2D eigenvalue weighted by atomic mass is 79.9. The Labute approximate surface area is 213 Å². The molecule has 1 aliphatic rings. The Morgan fingerprint density at radius 1 is 1.20 bits per heavy atom. The van der Waals surface area contributed by atoms with E-state index in [0.717, 1.165) is 0 Å². The van der Waals surface area contributed by atoms with Gasteiger partial charge >= 0.3 is 5.97 Å². The standard InChI is InChI=1S/C25H23BrN2O6S/c1-5-34-24(31)21-13(2)27-25-28(22(21)15-7-9-18(32-3)16(26)12-15)23(30)20(35-25)11-14-6-8-19(33-4)17(29)10-14/h6-12,22,29H,5H2,1-4H3/b20-11+/t22-/m1/s1. The van der Waals surface area contributed by atoms with Crippen LogP contribution in [0.4, 0.5) is 0 Å². The summed E-state index contributed by atoms with van der Waals surface area (Å²) >= 11 is 4.70. The molecule has 1 aliphatic heterocycles. The molecule has 0 spiro atoms. The Morgan fingerprint density at radius 2 is 1.91 bits per heavy atom. The fourth-order valence-corrected chi connectivity index (χ4v) is 5.51. The van der Waals surface area contributed by atoms with Crippen molar-refractivity contribution < 1.29 is 24.1 Å². The minimum Gasteiger partial charge on any atom is -0.504 e. The van der Waals surface area contributed by atoms with E-state index in [-0.39, 0.29) is 17.9 Å². The van der Waals surface area contributed by atoms with Gasteiger partial charge in [0.15, 0.2) is 16.3 Å². The smallest absolute Gasteiger partial charge is 0.338 e. The molecule has 0 bridgehead atoms. The summed E-state index contributed by atoms with van der Waals surface area (Å²) in [6.07, 6.45) is 1.67. The van der Waals surface area contributed by atoms with Crippen LogP contribution in [0.15, 0.2) is 61.9 Å². The number of benzene rings is 2. The zero-order chi connectivity index (χ0) is 25.3. The number of allylic oxidation sites excluding steroid dienone is 1. The van der Waals surface area contributed by atoms with Gasteiger partial charge in [-0.05, 0) is 71.2 Å². The molecule has 1 aromatic heterocycles. The first-order chi connectivity index (χ1) is 16.8. The van der Waals surface area contributed by atoms with Gasteiger partial charge < -0.3 is 19.3 Å². The first kappa shape index (κ1) is 24.7. The summed E-state index contributed by atoms with van der Waals surface area (Å²) in [6.45, 7) is 3.66. The molecule has 2 aromatic carbocycles. The number of carbonyl (C=O) groups is 1. The number of phenols is 1. The molecule has 0 saturated carbocycles. The van der Waals surface area contributed by atoms with Crippen LogP contribution in [0.5, 0.6) is 17.2 Å². The van der Waals surface area contributed by atoms with Gasteiger partial charge in [0.25, 0.3) is 5.56 Å². The number of rotatable bonds is 6. The maximum atomic E-state index is 13.6. The lowest BCUT2D eigenvalue weighted by molar-refractivity contribution is -0.139. The Morgan fingerprint density at radius 3 is 2.54 bits per heavy atom. The fourth-order valence-electron chi connectivity index (χ4n) is 3.91. The molecule has 0 fully saturated rings. The van der Waals surface area contributed by atoms with Crippen LogP contribution >= 0.6 is 27.3 Å². The molecule has 0 unspecified atom stereocenters. The minimum atomic E-state index is -0.737. The largest absolute Gasteiger partial charge is 0.504 e. The van der Waals surface area contributed by atoms with Gasteiger partial charge in [0.05, 0.1) is 47.1 Å². The molecule has 0 amide bonds. The predicted molar refractivity (Wildman–Crippen MR) is 136 cm³/mol. The van der Waals surface area contributed by atoms with E-state index in [1.165, 1.54) is 29.1 Å². The van der Waals surface area contributed by atoms with Crippen LogP contribution in [0, 0.1) is 0 Å². The molecule has 0 radical (unpaired) electrons. The lowest BCUT2D eigenvalue weighted by atomic mass is 9.96. The summed E-state index contributed by atoms with van der Waals surface area (Å²) < 4.78 is 18.4. The lowest BCUT2D eigenvalue weighted by Crippen LogP contribution is -2.39. The van der Waals surface area contributed by atoms with Crippen LogP contribution in [-0.2, 0) is 9.53 Å². The van der Waals surface area contributed by atoms with Crippen molar-refractivity contribution in [3.63, 3.8) is 0 Å². The summed E-state index contributed by atoms with van der Waals surface area (Å²) in [5.74, 6) is 0.401. The van der Waals surface area contributed by atoms with Crippen LogP contribution in [0.3, 0.4) is 0 Å². The van der Waals surface area contributed by atoms with Crippen LogP contribution in [0.25, 0.3) is 6.08 Å². The second kappa shape index (κ2) is 10.1. The Hall–Kier alpha value is -3.37. The quantitative estimate of drug-likeness (QED) is 0.466. The van der Waals surface area contributed by atoms with Crippen molar-refractivity contribution in [1.29, 1.82) is 0 Å². The first-order valence-electron chi connectivity index (χ1n) is 10.7. The molecule has 1 atom stereocenters. The van der Waals surface area contributed by atoms with Crippen molar-refractivity contribution in [2.75, 3.05) is 20.8 Å². The van der Waals surface area contributed by atoms with Crippen LogP contribution < -0.4 is 24.4 Å². The zero-order valence-electron chi connectivity index (χ0n) is 19.5. The average molecular weight is 559 g/mol. The van der Waals surface area contributed by atoms with E-state index < -0.39 is 12.0 Å². The third kappa shape index (κ3) is 4.63. The SMILES string of the molecule is CCOC(=O)C1=C(C)N=c2s/c(=C/c3ccc(OC)c(O)c3)c(=O)n2[C@@H]1c1ccc(OC)c(Br)c1. The van der Waals surface area contributed by atoms with Crippen LogP contribution in [0.1, 0.15) is 31.0 Å². The van der Waals surface area contributed by atoms with Crippen molar-refractivity contribution in [1.82, 2.24) is 4.57 Å². The molecule has 4 rings (SSSR count). The lowest BCUT2D eigenvalue weighted by Gasteiger charge is -2.25. The summed E-state index contributed by atoms with van der Waals surface area (Å²) in [6, 6.07) is 9.55. The minimum absolute atomic E-state index is 0.0320. The van der Waals surface area contributed by atoms with E-state index in [9.17, 15) is 14.7 Å². The van der Waals surface area contributed by atoms with Crippen molar-refractivity contribution in [2.45, 2.75) is 19.9 Å². The molecular formula is C25H23BrN2O6S. The maximum Gasteiger partial charge on any atom is 0.338 e. The third-order valence-corrected chi connectivity index (χ3v) is 7.11. The van der Waals surface area contributed by atoms with Crippen molar-refractivity contribution in [2.24, 2.45) is 4.99 Å². The van der Waals surface area contributed by atoms with Gasteiger partial charge in [-0.2, -0.15) is 0 Å². The molecule has 2 heterocycles. The average Bonchev–Trinajstić information content (AvgIpc) is 3.12. The van der Waals surface area contributed by atoms with Gasteiger partial charge in [-0.25, -0.2) is 9.79 Å². The van der Waals surface area contributed by atoms with E-state index in [4.69, 9.17) is 14.2 Å². The normalized spacial score (nSPS) is 15.5. The second-order valence-corrected chi connectivity index (χ2v) is 9.49. The van der Waals surface area contributed by atoms with E-state index in [2.05, 4.69) is 20.9 Å². The Bertz CT molecular complexity index is 1520. The summed E-state index contributed by atoms with van der Waals surface area (Å²) in [7, 11) is 3.03. The third-order valence-electron chi connectivity index (χ3n) is 5.51. The monoisotopic (exact) mass is 558 g/mol. The highest BCUT2D eigenvalue weighted by Gasteiger charge is 2.33. The molecule has 0 saturated heterocycles. The highest BCUT2D eigenvalue weighted by molar-refractivity contribution is 9.10. The molecule has 182 valence electrons. The molecule has 1 N–H and O–H groups in total. The molecule has 35 heavy (non-hydrogen) atoms. The number of thiazole rings is 1. The van der Waals surface area contributed by atoms with E-state index in [0.29, 0.717) is 47.7 Å². The molecule has 0 aliphatic carbocycles. The summed E-state index contributed by atoms with van der Waals surface area (Å²) in [5.41, 5.74) is 1.79. The van der Waals surface area contributed by atoms with E-state index >= 15 is 0 Å². The van der Waals surface area contributed by atoms with E-state index in [1.54, 1.807) is 45.2 Å². The number of fused-ring (bicyclic) bond motifs is 1. The summed E-state index contributed by atoms with van der Waals surface area (Å²) in [4.78, 5) is 31.6. The number of hydrogen-bond donors (Lipinski definition) is 1. The maximum absolute atomic E-state index is 13.6. The van der Waals surface area contributed by atoms with Crippen molar-refractivity contribution in [3.8, 4) is 17.2 Å². The van der Waals surface area contributed by atoms with E-state index in [1.807, 2.05) is 12.1 Å². The first-order valence-corrected chi connectivity index (χ1v) is 12.3. The number of carbonyl (C=O) groups excluding carboxylic acids is 1. The number of nitrogens with zero attached hydrogens (tertiary/aromatic N) is 2. The van der Waals surface area contributed by atoms with Gasteiger partial charge in [0.2, 0.25) is 0 Å². The highest BCUT2D eigenvalue weighted by Crippen LogP contribution is 2.35. The number of aromatic nitrogens is 1. The molecule has 10 heteroatoms. The molecular weight excluding hydrogens is 536 g/mol. The van der Waals surface area contributed by atoms with Crippen molar-refractivity contribution >= 4 is 39.3 Å². The van der Waals surface area contributed by atoms with Crippen LogP contribution in [-0.4, -0.2) is 36.5 Å². The Balaban J connectivity index is 1.94. The summed E-state index contributed by atoms with van der Waals surface area (Å²) in [5, 5.41) is 10.1. The van der Waals surface area contributed by atoms with Crippen molar-refractivity contribution in [3.05, 3.63) is 83.0 Å². The number of ether oxygens (including phenoxy) is 3. The zero-order valence-corrected chi connectivity index (χ0v) is 21.9. The number of methoxy groups -OCH3 is 2. The van der Waals surface area contributed by atoms with Gasteiger partial charge in [-0.1, -0.05) is 23.5 Å². The number of hydrogen-bond acceptors (Lipinski definition) is 8. The number of aromatic hydroxyl groups is 1.